The van der Waals surface area contributed by atoms with Crippen molar-refractivity contribution in [2.75, 3.05) is 11.9 Å². The van der Waals surface area contributed by atoms with Crippen LogP contribution in [0.1, 0.15) is 44.2 Å². The van der Waals surface area contributed by atoms with Gasteiger partial charge in [0.2, 0.25) is 0 Å². The van der Waals surface area contributed by atoms with Crippen LogP contribution in [-0.4, -0.2) is 50.7 Å². The van der Waals surface area contributed by atoms with E-state index >= 15 is 0 Å². The highest BCUT2D eigenvalue weighted by atomic mass is 19.3. The van der Waals surface area contributed by atoms with Crippen molar-refractivity contribution in [3.8, 4) is 28.1 Å². The van der Waals surface area contributed by atoms with Crippen LogP contribution in [0.5, 0.6) is 5.75 Å². The minimum absolute atomic E-state index is 0.0505. The fourth-order valence-electron chi connectivity index (χ4n) is 5.01. The molecule has 5 rings (SSSR count). The molecule has 2 aromatic heterocycles. The Kier molecular flexibility index (Phi) is 5.50. The number of hydrogen-bond acceptors (Lipinski definition) is 6. The predicted molar refractivity (Wildman–Crippen MR) is 118 cm³/mol. The van der Waals surface area contributed by atoms with Gasteiger partial charge in [-0.1, -0.05) is 12.5 Å². The third-order valence-electron chi connectivity index (χ3n) is 6.71. The fourth-order valence-corrected chi connectivity index (χ4v) is 5.01. The molecule has 32 heavy (non-hydrogen) atoms. The van der Waals surface area contributed by atoms with Crippen molar-refractivity contribution in [1.82, 2.24) is 25.7 Å². The number of alkyl halides is 2. The number of fused-ring (bicyclic) bond motifs is 2. The number of nitrogens with zero attached hydrogens (tertiary/aromatic N) is 4. The SMILES string of the molecule is CN(c1ccc(-c2ccc(-c3c[nH]nc3C(F)F)cc2O)nn1)C1C[C@H]2CCC[C@@H](C1)N2. The van der Waals surface area contributed by atoms with E-state index in [-0.39, 0.29) is 17.0 Å². The number of aromatic hydroxyl groups is 1. The number of rotatable bonds is 5. The van der Waals surface area contributed by atoms with Crippen molar-refractivity contribution in [3.05, 3.63) is 42.2 Å². The zero-order valence-electron chi connectivity index (χ0n) is 17.8. The molecule has 0 spiro atoms. The molecule has 3 aromatic rings. The Morgan fingerprint density at radius 3 is 2.50 bits per heavy atom. The number of H-pyrrole nitrogens is 1. The molecule has 4 heterocycles. The molecular formula is C23H26F2N6O. The van der Waals surface area contributed by atoms with Crippen LogP contribution >= 0.6 is 0 Å². The molecule has 0 aliphatic carbocycles. The van der Waals surface area contributed by atoms with E-state index in [9.17, 15) is 13.9 Å². The van der Waals surface area contributed by atoms with Crippen molar-refractivity contribution in [1.29, 1.82) is 0 Å². The number of aromatic nitrogens is 4. The van der Waals surface area contributed by atoms with Gasteiger partial charge in [-0.15, -0.1) is 10.2 Å². The summed E-state index contributed by atoms with van der Waals surface area (Å²) in [4.78, 5) is 2.21. The van der Waals surface area contributed by atoms with Crippen molar-refractivity contribution in [3.63, 3.8) is 0 Å². The van der Waals surface area contributed by atoms with Crippen LogP contribution < -0.4 is 10.2 Å². The van der Waals surface area contributed by atoms with E-state index in [4.69, 9.17) is 0 Å². The van der Waals surface area contributed by atoms with Crippen molar-refractivity contribution < 1.29 is 13.9 Å². The second-order valence-corrected chi connectivity index (χ2v) is 8.72. The summed E-state index contributed by atoms with van der Waals surface area (Å²) in [5.41, 5.74) is 1.39. The van der Waals surface area contributed by atoms with E-state index in [1.54, 1.807) is 12.1 Å². The second-order valence-electron chi connectivity index (χ2n) is 8.72. The molecular weight excluding hydrogens is 414 g/mol. The summed E-state index contributed by atoms with van der Waals surface area (Å²) in [5.74, 6) is 0.750. The molecule has 2 aliphatic rings. The molecule has 1 aromatic carbocycles. The average Bonchev–Trinajstić information content (AvgIpc) is 3.29. The molecule has 2 aliphatic heterocycles. The number of benzene rings is 1. The Labute approximate surface area is 184 Å². The molecule has 1 unspecified atom stereocenters. The molecule has 0 radical (unpaired) electrons. The summed E-state index contributed by atoms with van der Waals surface area (Å²) in [5, 5.41) is 29.0. The molecule has 0 amide bonds. The van der Waals surface area contributed by atoms with Crippen molar-refractivity contribution >= 4 is 5.82 Å². The number of nitrogens with one attached hydrogen (secondary N) is 2. The lowest BCUT2D eigenvalue weighted by Gasteiger charge is -2.43. The van der Waals surface area contributed by atoms with Gasteiger partial charge in [0, 0.05) is 42.5 Å². The van der Waals surface area contributed by atoms with Crippen LogP contribution in [0, 0.1) is 0 Å². The zero-order chi connectivity index (χ0) is 22.2. The standard InChI is InChI=1S/C23H26F2N6O/c1-31(16-10-14-3-2-4-15(11-16)27-14)21-8-7-19(28-29-21)17-6-5-13(9-20(17)32)18-12-26-30-22(18)23(24)25/h5-9,12,14-16,23,27,32H,2-4,10-11H2,1H3,(H,26,30)/t14-,15+,16?. The van der Waals surface area contributed by atoms with Crippen LogP contribution in [0.2, 0.25) is 0 Å². The minimum Gasteiger partial charge on any atom is -0.507 e. The number of anilines is 1. The maximum atomic E-state index is 13.1. The summed E-state index contributed by atoms with van der Waals surface area (Å²) >= 11 is 0. The van der Waals surface area contributed by atoms with E-state index < -0.39 is 6.43 Å². The maximum absolute atomic E-state index is 13.1. The van der Waals surface area contributed by atoms with Gasteiger partial charge < -0.3 is 15.3 Å². The van der Waals surface area contributed by atoms with Crippen molar-refractivity contribution in [2.45, 2.75) is 56.7 Å². The Balaban J connectivity index is 1.34. The normalized spacial score (nSPS) is 22.8. The van der Waals surface area contributed by atoms with Crippen LogP contribution in [0.15, 0.2) is 36.5 Å². The van der Waals surface area contributed by atoms with Gasteiger partial charge in [-0.3, -0.25) is 5.10 Å². The van der Waals surface area contributed by atoms with Gasteiger partial charge in [-0.2, -0.15) is 5.10 Å². The lowest BCUT2D eigenvalue weighted by atomic mass is 9.83. The van der Waals surface area contributed by atoms with E-state index in [1.165, 1.54) is 31.5 Å². The van der Waals surface area contributed by atoms with Crippen LogP contribution in [-0.2, 0) is 0 Å². The molecule has 9 heteroatoms. The first-order chi connectivity index (χ1) is 15.5. The maximum Gasteiger partial charge on any atom is 0.282 e. The largest absolute Gasteiger partial charge is 0.507 e. The third kappa shape index (κ3) is 3.92. The topological polar surface area (TPSA) is 90.0 Å². The summed E-state index contributed by atoms with van der Waals surface area (Å²) in [6.45, 7) is 0. The number of phenols is 1. The first kappa shape index (κ1) is 20.8. The fraction of sp³-hybridized carbons (Fsp3) is 0.435. The summed E-state index contributed by atoms with van der Waals surface area (Å²) in [6.07, 6.45) is 4.68. The highest BCUT2D eigenvalue weighted by molar-refractivity contribution is 5.75. The quantitative estimate of drug-likeness (QED) is 0.549. The molecule has 2 saturated heterocycles. The molecule has 2 fully saturated rings. The van der Waals surface area contributed by atoms with Crippen LogP contribution in [0.4, 0.5) is 14.6 Å². The van der Waals surface area contributed by atoms with Gasteiger partial charge in [0.25, 0.3) is 6.43 Å². The van der Waals surface area contributed by atoms with Gasteiger partial charge in [0.05, 0.1) is 5.69 Å². The first-order valence-corrected chi connectivity index (χ1v) is 11.0. The number of piperidine rings is 2. The number of halogens is 2. The first-order valence-electron chi connectivity index (χ1n) is 11.0. The molecule has 0 saturated carbocycles. The Bertz CT molecular complexity index is 1070. The van der Waals surface area contributed by atoms with Gasteiger partial charge >= 0.3 is 0 Å². The minimum atomic E-state index is -2.70. The summed E-state index contributed by atoms with van der Waals surface area (Å²) in [6, 6.07) is 10.1. The van der Waals surface area contributed by atoms with Crippen molar-refractivity contribution in [2.24, 2.45) is 0 Å². The molecule has 168 valence electrons. The smallest absolute Gasteiger partial charge is 0.282 e. The van der Waals surface area contributed by atoms with E-state index in [1.807, 2.05) is 12.1 Å². The van der Waals surface area contributed by atoms with Gasteiger partial charge in [0.1, 0.15) is 11.4 Å². The number of aromatic amines is 1. The number of hydrogen-bond donors (Lipinski definition) is 3. The lowest BCUT2D eigenvalue weighted by molar-refractivity contribution is 0.146. The second kappa shape index (κ2) is 8.46. The molecule has 2 bridgehead atoms. The summed E-state index contributed by atoms with van der Waals surface area (Å²) < 4.78 is 26.2. The molecule has 3 atom stereocenters. The van der Waals surface area contributed by atoms with E-state index in [0.29, 0.717) is 34.9 Å². The predicted octanol–water partition coefficient (Wildman–Crippen LogP) is 4.29. The molecule has 3 N–H and O–H groups in total. The van der Waals surface area contributed by atoms with Gasteiger partial charge in [-0.05, 0) is 55.5 Å². The average molecular weight is 440 g/mol. The third-order valence-corrected chi connectivity index (χ3v) is 6.71. The van der Waals surface area contributed by atoms with Crippen LogP contribution in [0.3, 0.4) is 0 Å². The van der Waals surface area contributed by atoms with Crippen LogP contribution in [0.25, 0.3) is 22.4 Å². The number of phenolic OH excluding ortho intramolecular Hbond substituents is 1. The zero-order valence-corrected chi connectivity index (χ0v) is 17.8. The Morgan fingerprint density at radius 2 is 1.84 bits per heavy atom. The lowest BCUT2D eigenvalue weighted by Crippen LogP contribution is -2.54. The Hall–Kier alpha value is -3.07. The highest BCUT2D eigenvalue weighted by Crippen LogP contribution is 2.36. The molecule has 7 nitrogen and oxygen atoms in total. The van der Waals surface area contributed by atoms with Gasteiger partial charge in [-0.25, -0.2) is 8.78 Å². The van der Waals surface area contributed by atoms with Gasteiger partial charge in [0.15, 0.2) is 5.82 Å². The highest BCUT2D eigenvalue weighted by Gasteiger charge is 2.33. The van der Waals surface area contributed by atoms with E-state index in [0.717, 1.165) is 18.7 Å². The van der Waals surface area contributed by atoms with E-state index in [2.05, 4.69) is 37.7 Å². The Morgan fingerprint density at radius 1 is 1.06 bits per heavy atom. The summed E-state index contributed by atoms with van der Waals surface area (Å²) in [7, 11) is 2.06. The monoisotopic (exact) mass is 440 g/mol.